The predicted octanol–water partition coefficient (Wildman–Crippen LogP) is 34.5. The maximum Gasteiger partial charge on any atom is 0.265 e. The topological polar surface area (TPSA) is 33.6 Å². The monoisotopic (exact) mass is 1710 g/mol. The minimum absolute atomic E-state index is 0.686. The summed E-state index contributed by atoms with van der Waals surface area (Å²) < 4.78 is 11.0. The van der Waals surface area contributed by atoms with Crippen molar-refractivity contribution in [1.29, 1.82) is 0 Å². The van der Waals surface area contributed by atoms with Crippen molar-refractivity contribution in [2.45, 2.75) is 19.6 Å². The summed E-state index contributed by atoms with van der Waals surface area (Å²) in [7, 11) is 6.97. The molecule has 0 amide bonds. The third-order valence-electron chi connectivity index (χ3n) is 27.7. The summed E-state index contributed by atoms with van der Waals surface area (Å²) in [6.07, 6.45) is 0. The Labute approximate surface area is 772 Å². The molecule has 8 heteroatoms. The van der Waals surface area contributed by atoms with Crippen molar-refractivity contribution >= 4 is 235 Å². The normalized spacial score (nSPS) is 11.8. The van der Waals surface area contributed by atoms with Crippen molar-refractivity contribution < 1.29 is 0 Å². The zero-order valence-corrected chi connectivity index (χ0v) is 73.8. The number of rotatable bonds is 13. The first-order valence-electron chi connectivity index (χ1n) is 45.7. The summed E-state index contributed by atoms with van der Waals surface area (Å²) in [5.41, 5.74) is 20.5. The lowest BCUT2D eigenvalue weighted by Gasteiger charge is -2.27. The number of anilines is 6. The van der Waals surface area contributed by atoms with E-state index in [1.54, 1.807) is 0 Å². The van der Waals surface area contributed by atoms with Gasteiger partial charge in [-0.25, -0.2) is 0 Å². The molecule has 0 aliphatic rings. The highest BCUT2D eigenvalue weighted by Gasteiger charge is 2.31. The van der Waals surface area contributed by atoms with E-state index in [0.717, 1.165) is 34.1 Å². The maximum atomic E-state index is 4.39. The molecule has 0 atom stereocenters. The van der Waals surface area contributed by atoms with Crippen LogP contribution in [-0.2, 0) is 19.6 Å². The number of nitrogens with zero attached hydrogens (tertiary/aromatic N) is 6. The number of aromatic nitrogens is 3. The third kappa shape index (κ3) is 13.2. The standard InChI is InChI=1S/C81H51N3.C44H32N2.BHNP/c1-4-22-49(23-5-1)46-82-73-43-67-61-37-19-13-31-55(61)52-28-10-16-34-58(52)64(67)40-70(73)76-79(82)77-71-41-65-59-35-17-11-29-53(59)56-32-14-20-38-62(56)68(65)44-74(71)83(47-50-24-6-2-7-25-50)81(77)78-72-42-66-60-36-18-12-30-54(60)57-33-15-21-39-63(57)69(66)45-75(72)84(80(76)78)48-51-26-8-3-9-27-51;1-3-17-37(18-4-1)45(43-23-11-15-35-13-7-9-21-41(35)43)39-29-25-33(26-30-39)34-27-31-40(32-28-34)46(38-19-5-2-6-20-38)44-24-12-16-36-14-8-10-22-42(36)44;1-2-3/h1-45H,46-48H2;1-32H;3H. The number of para-hydroxylation sites is 2. The van der Waals surface area contributed by atoms with Gasteiger partial charge in [0, 0.05) is 85.5 Å². The van der Waals surface area contributed by atoms with Crippen molar-refractivity contribution in [3.05, 3.63) is 484 Å². The van der Waals surface area contributed by atoms with Crippen LogP contribution < -0.4 is 9.80 Å². The number of hydrogen-bond donors (Lipinski definition) is 0. The molecule has 3 heterocycles. The molecule has 0 fully saturated rings. The molecule has 24 aromatic carbocycles. The van der Waals surface area contributed by atoms with Gasteiger partial charge in [0.15, 0.2) is 0 Å². The summed E-state index contributed by atoms with van der Waals surface area (Å²) in [5.74, 6) is 0. The summed E-state index contributed by atoms with van der Waals surface area (Å²) in [6.45, 7) is 2.06. The average Bonchev–Trinajstić information content (AvgIpc) is 1.50. The fourth-order valence-electron chi connectivity index (χ4n) is 21.9. The molecule has 0 bridgehead atoms. The van der Waals surface area contributed by atoms with E-state index in [-0.39, 0.29) is 0 Å². The van der Waals surface area contributed by atoms with Crippen molar-refractivity contribution in [1.82, 2.24) is 13.7 Å². The molecule has 27 aromatic rings. The highest BCUT2D eigenvalue weighted by atomic mass is 31.0. The van der Waals surface area contributed by atoms with E-state index >= 15 is 0 Å². The van der Waals surface area contributed by atoms with Crippen molar-refractivity contribution in [3.63, 3.8) is 0 Å². The highest BCUT2D eigenvalue weighted by Crippen LogP contribution is 2.54. The van der Waals surface area contributed by atoms with Gasteiger partial charge in [0.2, 0.25) is 0 Å². The molecule has 2 radical (unpaired) electrons. The SMILES string of the molecule is [B]N=P.c1ccc(Cn2c3cc4c5ccccc5c5ccccc5c4cc3c3c2c2c4cc5c6ccccc6c6ccccc6c5cc4n(Cc4ccccc4)c2c2c4cc5c6ccccc6c6ccccc6c5cc4n(Cc4ccccc4)c32)cc1.c1ccc(N(c2ccc(-c3ccc(N(c4ccccc4)c4cccc5ccccc45)cc3)cc2)c2cccc3ccccc23)cc1. The minimum atomic E-state index is 0.686. The van der Waals surface area contributed by atoms with E-state index in [4.69, 9.17) is 0 Å². The Morgan fingerprint density at radius 3 is 0.662 bits per heavy atom. The molecule has 3 aromatic heterocycles. The number of fused-ring (bicyclic) bond motifs is 32. The Balaban J connectivity index is 0.000000163. The van der Waals surface area contributed by atoms with Gasteiger partial charge in [-0.05, 0) is 242 Å². The lowest BCUT2D eigenvalue weighted by molar-refractivity contribution is 0.863. The zero-order chi connectivity index (χ0) is 88.1. The predicted molar refractivity (Wildman–Crippen MR) is 572 cm³/mol. The minimum Gasteiger partial charge on any atom is -0.344 e. The first kappa shape index (κ1) is 78.6. The summed E-state index contributed by atoms with van der Waals surface area (Å²) in [6, 6.07) is 173. The summed E-state index contributed by atoms with van der Waals surface area (Å²) in [4.78, 5) is 4.69. The van der Waals surface area contributed by atoms with Crippen LogP contribution in [0, 0.1) is 0 Å². The first-order chi connectivity index (χ1) is 65.9. The van der Waals surface area contributed by atoms with Crippen molar-refractivity contribution in [2.75, 3.05) is 9.80 Å². The molecular formula is C125H84BN6P. The number of benzene rings is 24. The molecule has 0 spiro atoms. The van der Waals surface area contributed by atoms with E-state index in [9.17, 15) is 0 Å². The quantitative estimate of drug-likeness (QED) is 0.0655. The van der Waals surface area contributed by atoms with Gasteiger partial charge in [0.1, 0.15) is 0 Å². The molecule has 27 rings (SSSR count). The molecule has 0 aliphatic heterocycles. The smallest absolute Gasteiger partial charge is 0.265 e. The van der Waals surface area contributed by atoms with E-state index in [1.165, 1.54) is 212 Å². The molecule has 622 valence electrons. The molecule has 0 saturated heterocycles. The van der Waals surface area contributed by atoms with Crippen LogP contribution in [0.25, 0.3) is 195 Å². The largest absolute Gasteiger partial charge is 0.344 e. The molecular weight excluding hydrogens is 1630 g/mol. The lowest BCUT2D eigenvalue weighted by Crippen LogP contribution is -2.10. The maximum absolute atomic E-state index is 4.39. The van der Waals surface area contributed by atoms with Crippen LogP contribution in [0.3, 0.4) is 0 Å². The second kappa shape index (κ2) is 32.8. The Hall–Kier alpha value is -16.7. The Kier molecular flexibility index (Phi) is 19.4. The van der Waals surface area contributed by atoms with E-state index < -0.39 is 0 Å². The van der Waals surface area contributed by atoms with Gasteiger partial charge >= 0.3 is 0 Å². The van der Waals surface area contributed by atoms with Gasteiger partial charge in [-0.3, -0.25) is 0 Å². The fourth-order valence-corrected chi connectivity index (χ4v) is 21.9. The van der Waals surface area contributed by atoms with Crippen LogP contribution in [0.1, 0.15) is 16.7 Å². The van der Waals surface area contributed by atoms with Gasteiger partial charge in [0.05, 0.1) is 44.5 Å². The van der Waals surface area contributed by atoms with E-state index in [0.29, 0.717) is 19.6 Å². The van der Waals surface area contributed by atoms with Gasteiger partial charge < -0.3 is 28.2 Å². The van der Waals surface area contributed by atoms with Crippen molar-refractivity contribution in [3.8, 4) is 11.1 Å². The molecule has 0 saturated carbocycles. The average molecular weight is 1710 g/mol. The van der Waals surface area contributed by atoms with Crippen LogP contribution in [0.15, 0.2) is 472 Å². The first-order valence-corrected chi connectivity index (χ1v) is 46.1. The van der Waals surface area contributed by atoms with Gasteiger partial charge in [-0.2, -0.15) is 0 Å². The highest BCUT2D eigenvalue weighted by molar-refractivity contribution is 7.05. The summed E-state index contributed by atoms with van der Waals surface area (Å²) >= 11 is 0. The Morgan fingerprint density at radius 2 is 0.398 bits per heavy atom. The number of hydrogen-bond acceptors (Lipinski definition) is 3. The lowest BCUT2D eigenvalue weighted by atomic mass is 9.92. The van der Waals surface area contributed by atoms with Crippen LogP contribution >= 0.6 is 9.03 Å². The zero-order valence-electron chi connectivity index (χ0n) is 72.8. The summed E-state index contributed by atoms with van der Waals surface area (Å²) in [5, 5.41) is 35.5. The van der Waals surface area contributed by atoms with Crippen LogP contribution in [0.2, 0.25) is 0 Å². The molecule has 0 aliphatic carbocycles. The van der Waals surface area contributed by atoms with Crippen LogP contribution in [0.5, 0.6) is 0 Å². The van der Waals surface area contributed by atoms with Crippen LogP contribution in [-0.4, -0.2) is 21.7 Å². The van der Waals surface area contributed by atoms with Gasteiger partial charge in [0.25, 0.3) is 7.98 Å². The van der Waals surface area contributed by atoms with E-state index in [2.05, 4.69) is 512 Å². The second-order valence-electron chi connectivity index (χ2n) is 35.0. The molecule has 6 nitrogen and oxygen atoms in total. The van der Waals surface area contributed by atoms with E-state index in [1.807, 2.05) is 0 Å². The fraction of sp³-hybridized carbons (Fsp3) is 0.0240. The van der Waals surface area contributed by atoms with Crippen molar-refractivity contribution in [2.24, 2.45) is 4.66 Å². The van der Waals surface area contributed by atoms with Crippen LogP contribution in [0.4, 0.5) is 34.1 Å². The van der Waals surface area contributed by atoms with Gasteiger partial charge in [-0.15, -0.1) is 0 Å². The third-order valence-corrected chi connectivity index (χ3v) is 27.7. The Morgan fingerprint density at radius 1 is 0.195 bits per heavy atom. The second-order valence-corrected chi connectivity index (χ2v) is 35.2. The van der Waals surface area contributed by atoms with Gasteiger partial charge in [-0.1, -0.05) is 370 Å². The molecule has 0 unspecified atom stereocenters. The molecule has 133 heavy (non-hydrogen) atoms. The Bertz CT molecular complexity index is 8520. The molecule has 0 N–H and O–H groups in total.